The molecule has 2 unspecified atom stereocenters. The maximum Gasteiger partial charge on any atom is 0.124 e. The molecule has 0 bridgehead atoms. The minimum atomic E-state index is 0.282. The zero-order valence-corrected chi connectivity index (χ0v) is 11.5. The van der Waals surface area contributed by atoms with Gasteiger partial charge in [0.15, 0.2) is 0 Å². The number of benzene rings is 1. The van der Waals surface area contributed by atoms with Gasteiger partial charge < -0.3 is 10.1 Å². The van der Waals surface area contributed by atoms with Gasteiger partial charge in [-0.25, -0.2) is 0 Å². The van der Waals surface area contributed by atoms with Crippen molar-refractivity contribution in [2.45, 2.75) is 45.4 Å². The van der Waals surface area contributed by atoms with Crippen molar-refractivity contribution in [2.75, 3.05) is 0 Å². The van der Waals surface area contributed by atoms with E-state index in [1.54, 1.807) is 0 Å². The molecule has 0 fully saturated rings. The van der Waals surface area contributed by atoms with Crippen molar-refractivity contribution in [2.24, 2.45) is 0 Å². The Morgan fingerprint density at radius 1 is 1.44 bits per heavy atom. The first-order chi connectivity index (χ1) is 7.56. The molecule has 0 radical (unpaired) electrons. The monoisotopic (exact) mass is 283 g/mol. The van der Waals surface area contributed by atoms with Gasteiger partial charge in [0.25, 0.3) is 0 Å². The van der Waals surface area contributed by atoms with Crippen molar-refractivity contribution in [3.63, 3.8) is 0 Å². The topological polar surface area (TPSA) is 21.3 Å². The summed E-state index contributed by atoms with van der Waals surface area (Å²) in [6.07, 6.45) is 1.31. The van der Waals surface area contributed by atoms with Gasteiger partial charge in [-0.15, -0.1) is 0 Å². The van der Waals surface area contributed by atoms with Crippen LogP contribution >= 0.6 is 15.9 Å². The Kier molecular flexibility index (Phi) is 3.55. The van der Waals surface area contributed by atoms with Gasteiger partial charge in [0.2, 0.25) is 0 Å². The Labute approximate surface area is 106 Å². The third-order valence-corrected chi connectivity index (χ3v) is 3.27. The van der Waals surface area contributed by atoms with E-state index in [-0.39, 0.29) is 6.10 Å². The van der Waals surface area contributed by atoms with Gasteiger partial charge >= 0.3 is 0 Å². The van der Waals surface area contributed by atoms with E-state index in [0.717, 1.165) is 16.6 Å². The van der Waals surface area contributed by atoms with Crippen LogP contribution in [0.5, 0.6) is 5.75 Å². The number of hydrogen-bond donors (Lipinski definition) is 1. The maximum atomic E-state index is 5.84. The van der Waals surface area contributed by atoms with Gasteiger partial charge in [0.1, 0.15) is 5.75 Å². The molecule has 2 nitrogen and oxygen atoms in total. The molecule has 1 aromatic rings. The second kappa shape index (κ2) is 4.76. The van der Waals surface area contributed by atoms with Gasteiger partial charge in [-0.1, -0.05) is 29.8 Å². The highest BCUT2D eigenvalue weighted by Gasteiger charge is 2.26. The Balaban J connectivity index is 2.31. The zero-order chi connectivity index (χ0) is 11.7. The van der Waals surface area contributed by atoms with Gasteiger partial charge in [0, 0.05) is 28.5 Å². The second-order valence-corrected chi connectivity index (χ2v) is 5.64. The van der Waals surface area contributed by atoms with Gasteiger partial charge in [-0.2, -0.15) is 0 Å². The van der Waals surface area contributed by atoms with Crippen LogP contribution in [0.4, 0.5) is 0 Å². The van der Waals surface area contributed by atoms with E-state index in [1.165, 1.54) is 5.56 Å². The molecule has 1 N–H and O–H groups in total. The number of hydrogen-bond acceptors (Lipinski definition) is 2. The van der Waals surface area contributed by atoms with Gasteiger partial charge in [-0.3, -0.25) is 0 Å². The number of rotatable bonds is 2. The predicted octanol–water partition coefficient (Wildman–Crippen LogP) is 3.66. The number of ether oxygens (including phenoxy) is 1. The minimum absolute atomic E-state index is 0.282. The molecule has 1 aliphatic heterocycles. The molecule has 16 heavy (non-hydrogen) atoms. The lowest BCUT2D eigenvalue weighted by atomic mass is 9.96. The summed E-state index contributed by atoms with van der Waals surface area (Å²) in [6, 6.07) is 7.12. The standard InChI is InChI=1S/C13H18BrNO/c1-8(2)15-12-6-9(3)16-13-5-4-10(14)7-11(12)13/h4-5,7-9,12,15H,6H2,1-3H3. The SMILES string of the molecule is CC(C)NC1CC(C)Oc2ccc(Br)cc21. The molecule has 0 saturated heterocycles. The molecular formula is C13H18BrNO. The third kappa shape index (κ3) is 2.58. The third-order valence-electron chi connectivity index (χ3n) is 2.78. The summed E-state index contributed by atoms with van der Waals surface area (Å²) in [6.45, 7) is 6.48. The molecule has 88 valence electrons. The smallest absolute Gasteiger partial charge is 0.124 e. The van der Waals surface area contributed by atoms with Gasteiger partial charge in [-0.05, 0) is 25.1 Å². The molecule has 1 heterocycles. The van der Waals surface area contributed by atoms with E-state index in [9.17, 15) is 0 Å². The summed E-state index contributed by atoms with van der Waals surface area (Å²) < 4.78 is 6.95. The normalized spacial score (nSPS) is 24.1. The lowest BCUT2D eigenvalue weighted by Crippen LogP contribution is -2.35. The van der Waals surface area contributed by atoms with Gasteiger partial charge in [0.05, 0.1) is 6.10 Å². The predicted molar refractivity (Wildman–Crippen MR) is 69.9 cm³/mol. The van der Waals surface area contributed by atoms with Crippen LogP contribution in [0.25, 0.3) is 0 Å². The van der Waals surface area contributed by atoms with Crippen LogP contribution in [0.1, 0.15) is 38.8 Å². The highest BCUT2D eigenvalue weighted by molar-refractivity contribution is 9.10. The fraction of sp³-hybridized carbons (Fsp3) is 0.538. The molecule has 1 aliphatic rings. The number of halogens is 1. The Hall–Kier alpha value is -0.540. The van der Waals surface area contributed by atoms with Crippen molar-refractivity contribution < 1.29 is 4.74 Å². The molecule has 0 amide bonds. The highest BCUT2D eigenvalue weighted by atomic mass is 79.9. The quantitative estimate of drug-likeness (QED) is 0.895. The van der Waals surface area contributed by atoms with Crippen molar-refractivity contribution in [1.82, 2.24) is 5.32 Å². The Bertz CT molecular complexity index is 378. The van der Waals surface area contributed by atoms with Crippen molar-refractivity contribution in [3.8, 4) is 5.75 Å². The fourth-order valence-corrected chi connectivity index (χ4v) is 2.56. The van der Waals surface area contributed by atoms with Crippen molar-refractivity contribution >= 4 is 15.9 Å². The first kappa shape index (κ1) is 11.9. The van der Waals surface area contributed by atoms with E-state index < -0.39 is 0 Å². The number of nitrogens with one attached hydrogen (secondary N) is 1. The molecule has 1 aromatic carbocycles. The Morgan fingerprint density at radius 3 is 2.88 bits per heavy atom. The van der Waals surface area contributed by atoms with E-state index in [2.05, 4.69) is 48.1 Å². The highest BCUT2D eigenvalue weighted by Crippen LogP contribution is 2.36. The van der Waals surface area contributed by atoms with Crippen LogP contribution in [-0.2, 0) is 0 Å². The fourth-order valence-electron chi connectivity index (χ4n) is 2.18. The van der Waals surface area contributed by atoms with Crippen LogP contribution < -0.4 is 10.1 Å². The molecule has 2 rings (SSSR count). The second-order valence-electron chi connectivity index (χ2n) is 4.72. The van der Waals surface area contributed by atoms with E-state index in [1.807, 2.05) is 12.1 Å². The largest absolute Gasteiger partial charge is 0.490 e. The molecule has 0 saturated carbocycles. The van der Waals surface area contributed by atoms with Crippen LogP contribution in [-0.4, -0.2) is 12.1 Å². The number of fused-ring (bicyclic) bond motifs is 1. The molecule has 0 aliphatic carbocycles. The first-order valence-corrected chi connectivity index (χ1v) is 6.57. The molecule has 3 heteroatoms. The van der Waals surface area contributed by atoms with E-state index in [0.29, 0.717) is 12.1 Å². The zero-order valence-electron chi connectivity index (χ0n) is 9.96. The summed E-state index contributed by atoms with van der Waals surface area (Å²) in [5, 5.41) is 3.59. The van der Waals surface area contributed by atoms with E-state index in [4.69, 9.17) is 4.74 Å². The molecule has 2 atom stereocenters. The van der Waals surface area contributed by atoms with Crippen molar-refractivity contribution in [3.05, 3.63) is 28.2 Å². The first-order valence-electron chi connectivity index (χ1n) is 5.78. The summed E-state index contributed by atoms with van der Waals surface area (Å²) in [5.41, 5.74) is 1.26. The minimum Gasteiger partial charge on any atom is -0.490 e. The summed E-state index contributed by atoms with van der Waals surface area (Å²) in [7, 11) is 0. The van der Waals surface area contributed by atoms with Crippen LogP contribution in [0.3, 0.4) is 0 Å². The lowest BCUT2D eigenvalue weighted by molar-refractivity contribution is 0.163. The summed E-state index contributed by atoms with van der Waals surface area (Å²) in [4.78, 5) is 0. The van der Waals surface area contributed by atoms with Crippen LogP contribution in [0.2, 0.25) is 0 Å². The molecular weight excluding hydrogens is 266 g/mol. The van der Waals surface area contributed by atoms with Crippen molar-refractivity contribution in [1.29, 1.82) is 0 Å². The lowest BCUT2D eigenvalue weighted by Gasteiger charge is -2.32. The average Bonchev–Trinajstić information content (AvgIpc) is 2.18. The Morgan fingerprint density at radius 2 is 2.19 bits per heavy atom. The summed E-state index contributed by atoms with van der Waals surface area (Å²) >= 11 is 3.52. The maximum absolute atomic E-state index is 5.84. The van der Waals surface area contributed by atoms with Crippen LogP contribution in [0.15, 0.2) is 22.7 Å². The summed E-state index contributed by atoms with van der Waals surface area (Å²) in [5.74, 6) is 1.01. The van der Waals surface area contributed by atoms with Crippen LogP contribution in [0, 0.1) is 0 Å². The molecule has 0 spiro atoms. The molecule has 0 aromatic heterocycles. The average molecular weight is 284 g/mol. The van der Waals surface area contributed by atoms with E-state index >= 15 is 0 Å².